The summed E-state index contributed by atoms with van der Waals surface area (Å²) in [4.78, 5) is 27.5. The van der Waals surface area contributed by atoms with Gasteiger partial charge in [0.1, 0.15) is 10.7 Å². The van der Waals surface area contributed by atoms with Crippen molar-refractivity contribution in [2.45, 2.75) is 29.0 Å². The lowest BCUT2D eigenvalue weighted by Gasteiger charge is -2.18. The number of nitrogens with one attached hydrogen (secondary N) is 4. The minimum atomic E-state index is -3.74. The van der Waals surface area contributed by atoms with Crippen LogP contribution >= 0.6 is 11.6 Å². The van der Waals surface area contributed by atoms with E-state index in [2.05, 4.69) is 26.3 Å². The van der Waals surface area contributed by atoms with Crippen LogP contribution in [0, 0.1) is 0 Å². The van der Waals surface area contributed by atoms with Gasteiger partial charge in [-0.2, -0.15) is 0 Å². The number of sulfone groups is 1. The number of benzene rings is 2. The lowest BCUT2D eigenvalue weighted by Crippen LogP contribution is -2.46. The number of nitrogens with zero attached hydrogens (tertiary/aromatic N) is 1. The molecule has 1 saturated carbocycles. The Hall–Kier alpha value is -2.95. The van der Waals surface area contributed by atoms with Crippen molar-refractivity contribution in [1.82, 2.24) is 21.3 Å². The molecule has 0 aromatic heterocycles. The van der Waals surface area contributed by atoms with Crippen LogP contribution in [-0.4, -0.2) is 63.7 Å². The summed E-state index contributed by atoms with van der Waals surface area (Å²) in [5.74, 6) is 0.133. The van der Waals surface area contributed by atoms with Crippen LogP contribution in [0.1, 0.15) is 24.0 Å². The lowest BCUT2D eigenvalue weighted by atomic mass is 10.1. The van der Waals surface area contributed by atoms with E-state index in [0.717, 1.165) is 30.1 Å². The van der Waals surface area contributed by atoms with E-state index >= 15 is 0 Å². The minimum Gasteiger partial charge on any atom is -0.368 e. The van der Waals surface area contributed by atoms with Crippen LogP contribution in [0.4, 0.5) is 0 Å². The number of rotatable bonds is 11. The molecular formula is C24H28ClN5O4S. The third-order valence-corrected chi connectivity index (χ3v) is 8.96. The van der Waals surface area contributed by atoms with Gasteiger partial charge in [-0.3, -0.25) is 19.9 Å². The average molecular weight is 518 g/mol. The van der Waals surface area contributed by atoms with Crippen molar-refractivity contribution in [3.63, 3.8) is 0 Å². The highest BCUT2D eigenvalue weighted by Gasteiger charge is 2.55. The Morgan fingerprint density at radius 2 is 1.71 bits per heavy atom. The van der Waals surface area contributed by atoms with Crippen LogP contribution < -0.4 is 21.3 Å². The van der Waals surface area contributed by atoms with E-state index in [1.807, 2.05) is 24.3 Å². The molecule has 2 aromatic rings. The Balaban J connectivity index is 1.17. The molecule has 2 aliphatic rings. The van der Waals surface area contributed by atoms with Crippen LogP contribution in [-0.2, 0) is 25.8 Å². The number of amidine groups is 1. The monoisotopic (exact) mass is 517 g/mol. The second-order valence-electron chi connectivity index (χ2n) is 8.51. The predicted molar refractivity (Wildman–Crippen MR) is 134 cm³/mol. The maximum Gasteiger partial charge on any atom is 0.239 e. The molecule has 1 aliphatic carbocycles. The maximum atomic E-state index is 13.0. The summed E-state index contributed by atoms with van der Waals surface area (Å²) in [6, 6.07) is 14.3. The van der Waals surface area contributed by atoms with Crippen molar-refractivity contribution in [2.75, 3.05) is 32.7 Å². The van der Waals surface area contributed by atoms with Gasteiger partial charge >= 0.3 is 0 Å². The Labute approximate surface area is 209 Å². The zero-order valence-corrected chi connectivity index (χ0v) is 20.7. The second kappa shape index (κ2) is 10.8. The third-order valence-electron chi connectivity index (χ3n) is 6.00. The molecule has 2 amide bonds. The van der Waals surface area contributed by atoms with Gasteiger partial charge < -0.3 is 16.0 Å². The standard InChI is InChI=1S/C24H28ClN5O4S/c25-19-3-1-2-4-20(19)35(33,34)24(10-11-24)30-16-22(32)29-15-21(31)26-12-9-17-5-7-18(8-6-17)23-27-13-14-28-23/h1-8,30H,9-16H2,(H,26,31)(H,27,28)(H,29,32). The highest BCUT2D eigenvalue weighted by molar-refractivity contribution is 7.93. The molecule has 0 unspecified atom stereocenters. The van der Waals surface area contributed by atoms with E-state index in [-0.39, 0.29) is 28.9 Å². The fraction of sp³-hybridized carbons (Fsp3) is 0.375. The quantitative estimate of drug-likeness (QED) is 0.352. The molecule has 4 rings (SSSR count). The van der Waals surface area contributed by atoms with E-state index in [4.69, 9.17) is 11.6 Å². The number of carbonyl (C=O) groups is 2. The van der Waals surface area contributed by atoms with Gasteiger partial charge in [-0.25, -0.2) is 8.42 Å². The summed E-state index contributed by atoms with van der Waals surface area (Å²) in [6.07, 6.45) is 1.43. The zero-order chi connectivity index (χ0) is 24.9. The van der Waals surface area contributed by atoms with Gasteiger partial charge in [0, 0.05) is 18.7 Å². The van der Waals surface area contributed by atoms with Crippen LogP contribution in [0.25, 0.3) is 0 Å². The molecule has 186 valence electrons. The van der Waals surface area contributed by atoms with Gasteiger partial charge in [0.2, 0.25) is 11.8 Å². The first-order valence-corrected chi connectivity index (χ1v) is 13.3. The first-order valence-electron chi connectivity index (χ1n) is 11.5. The molecule has 11 heteroatoms. The molecule has 0 radical (unpaired) electrons. The molecular weight excluding hydrogens is 490 g/mol. The molecule has 0 saturated heterocycles. The number of amides is 2. The number of halogens is 1. The van der Waals surface area contributed by atoms with Gasteiger partial charge in [-0.15, -0.1) is 0 Å². The highest BCUT2D eigenvalue weighted by Crippen LogP contribution is 2.45. The molecule has 4 N–H and O–H groups in total. The van der Waals surface area contributed by atoms with Crippen LogP contribution in [0.15, 0.2) is 58.4 Å². The summed E-state index contributed by atoms with van der Waals surface area (Å²) < 4.78 is 26.0. The number of hydrogen-bond donors (Lipinski definition) is 4. The molecule has 1 heterocycles. The number of aliphatic imine (C=N–C) groups is 1. The predicted octanol–water partition coefficient (Wildman–Crippen LogP) is 1.02. The lowest BCUT2D eigenvalue weighted by molar-refractivity contribution is -0.125. The van der Waals surface area contributed by atoms with Gasteiger partial charge in [-0.05, 0) is 37.0 Å². The van der Waals surface area contributed by atoms with Gasteiger partial charge in [-0.1, -0.05) is 48.0 Å². The normalized spacial score (nSPS) is 16.2. The van der Waals surface area contributed by atoms with E-state index in [9.17, 15) is 18.0 Å². The summed E-state index contributed by atoms with van der Waals surface area (Å²) >= 11 is 6.07. The topological polar surface area (TPSA) is 129 Å². The van der Waals surface area contributed by atoms with Crippen molar-refractivity contribution in [3.8, 4) is 0 Å². The van der Waals surface area contributed by atoms with Crippen molar-refractivity contribution in [3.05, 3.63) is 64.7 Å². The molecule has 9 nitrogen and oxygen atoms in total. The summed E-state index contributed by atoms with van der Waals surface area (Å²) in [5, 5.41) is 11.5. The van der Waals surface area contributed by atoms with Gasteiger partial charge in [0.05, 0.1) is 29.6 Å². The van der Waals surface area contributed by atoms with Crippen LogP contribution in [0.3, 0.4) is 0 Å². The van der Waals surface area contributed by atoms with Crippen molar-refractivity contribution >= 4 is 39.1 Å². The Morgan fingerprint density at radius 3 is 2.37 bits per heavy atom. The zero-order valence-electron chi connectivity index (χ0n) is 19.1. The molecule has 1 aliphatic heterocycles. The number of hydrogen-bond acceptors (Lipinski definition) is 7. The Kier molecular flexibility index (Phi) is 7.73. The summed E-state index contributed by atoms with van der Waals surface area (Å²) in [5.41, 5.74) is 2.12. The molecule has 0 spiro atoms. The average Bonchev–Trinajstić information content (AvgIpc) is 3.47. The van der Waals surface area contributed by atoms with Gasteiger partial charge in [0.25, 0.3) is 0 Å². The first kappa shape index (κ1) is 25.2. The molecule has 0 atom stereocenters. The fourth-order valence-electron chi connectivity index (χ4n) is 3.84. The van der Waals surface area contributed by atoms with Crippen LogP contribution in [0.5, 0.6) is 0 Å². The third kappa shape index (κ3) is 6.01. The molecule has 0 bridgehead atoms. The second-order valence-corrected chi connectivity index (χ2v) is 11.1. The fourth-order valence-corrected chi connectivity index (χ4v) is 6.18. The summed E-state index contributed by atoms with van der Waals surface area (Å²) in [6.45, 7) is 1.68. The van der Waals surface area contributed by atoms with E-state index in [0.29, 0.717) is 25.8 Å². The smallest absolute Gasteiger partial charge is 0.239 e. The van der Waals surface area contributed by atoms with E-state index in [1.165, 1.54) is 12.1 Å². The van der Waals surface area contributed by atoms with Crippen LogP contribution in [0.2, 0.25) is 5.02 Å². The Bertz CT molecular complexity index is 1230. The van der Waals surface area contributed by atoms with Crippen molar-refractivity contribution in [1.29, 1.82) is 0 Å². The Morgan fingerprint density at radius 1 is 1.00 bits per heavy atom. The van der Waals surface area contributed by atoms with E-state index < -0.39 is 20.6 Å². The molecule has 35 heavy (non-hydrogen) atoms. The van der Waals surface area contributed by atoms with Gasteiger partial charge in [0.15, 0.2) is 9.84 Å². The molecule has 1 fully saturated rings. The van der Waals surface area contributed by atoms with E-state index in [1.54, 1.807) is 12.1 Å². The number of carbonyl (C=O) groups excluding carboxylic acids is 2. The highest BCUT2D eigenvalue weighted by atomic mass is 35.5. The first-order chi connectivity index (χ1) is 16.8. The maximum absolute atomic E-state index is 13.0. The largest absolute Gasteiger partial charge is 0.368 e. The van der Waals surface area contributed by atoms with Crippen molar-refractivity contribution < 1.29 is 18.0 Å². The summed E-state index contributed by atoms with van der Waals surface area (Å²) in [7, 11) is -3.74. The molecule has 2 aromatic carbocycles. The van der Waals surface area contributed by atoms with Crippen molar-refractivity contribution in [2.24, 2.45) is 4.99 Å². The minimum absolute atomic E-state index is 0.0463. The SMILES string of the molecule is O=C(CNC(=O)CNC1(S(=O)(=O)c2ccccc2Cl)CC1)NCCc1ccc(C2=NCCN2)cc1.